The number of hydrogen-bond donors (Lipinski definition) is 1. The fourth-order valence-corrected chi connectivity index (χ4v) is 4.95. The van der Waals surface area contributed by atoms with Gasteiger partial charge in [0.25, 0.3) is 0 Å². The molecular formula is C23H25NO8S. The smallest absolute Gasteiger partial charge is 0.303 e. The summed E-state index contributed by atoms with van der Waals surface area (Å²) < 4.78 is 21.4. The van der Waals surface area contributed by atoms with Gasteiger partial charge in [0, 0.05) is 38.3 Å². The lowest BCUT2D eigenvalue weighted by Crippen LogP contribution is -2.58. The number of thioether (sulfide) groups is 1. The van der Waals surface area contributed by atoms with Gasteiger partial charge in [-0.3, -0.25) is 19.4 Å². The maximum Gasteiger partial charge on any atom is 0.303 e. The first kappa shape index (κ1) is 24.5. The number of carbonyl (C=O) groups excluding carboxylic acids is 3. The van der Waals surface area contributed by atoms with Crippen LogP contribution < -0.4 is 4.74 Å². The van der Waals surface area contributed by atoms with Crippen LogP contribution in [0.5, 0.6) is 5.75 Å². The lowest BCUT2D eigenvalue weighted by molar-refractivity contribution is -0.197. The van der Waals surface area contributed by atoms with Crippen molar-refractivity contribution in [3.63, 3.8) is 0 Å². The molecule has 0 spiro atoms. The largest absolute Gasteiger partial charge is 0.495 e. The van der Waals surface area contributed by atoms with Crippen molar-refractivity contribution in [1.29, 1.82) is 0 Å². The van der Waals surface area contributed by atoms with Gasteiger partial charge in [0.1, 0.15) is 5.75 Å². The number of esters is 3. The van der Waals surface area contributed by atoms with Gasteiger partial charge in [-0.15, -0.1) is 11.8 Å². The molecule has 0 aliphatic carbocycles. The second-order valence-corrected chi connectivity index (χ2v) is 8.70. The molecule has 2 aromatic rings. The highest BCUT2D eigenvalue weighted by Crippen LogP contribution is 2.47. The Morgan fingerprint density at radius 3 is 2.33 bits per heavy atom. The lowest BCUT2D eigenvalue weighted by Gasteiger charge is -2.45. The van der Waals surface area contributed by atoms with E-state index in [1.165, 1.54) is 27.9 Å². The Bertz CT molecular complexity index is 1040. The molecule has 176 valence electrons. The lowest BCUT2D eigenvalue weighted by atomic mass is 9.93. The van der Waals surface area contributed by atoms with Crippen molar-refractivity contribution in [2.75, 3.05) is 12.9 Å². The number of pyridine rings is 1. The van der Waals surface area contributed by atoms with E-state index >= 15 is 0 Å². The molecule has 33 heavy (non-hydrogen) atoms. The summed E-state index contributed by atoms with van der Waals surface area (Å²) in [7, 11) is 1.54. The van der Waals surface area contributed by atoms with Crippen molar-refractivity contribution in [1.82, 2.24) is 4.98 Å². The third-order valence-corrected chi connectivity index (χ3v) is 6.39. The summed E-state index contributed by atoms with van der Waals surface area (Å²) in [6, 6.07) is 8.79. The summed E-state index contributed by atoms with van der Waals surface area (Å²) >= 11 is 1.03. The molecule has 1 aliphatic rings. The van der Waals surface area contributed by atoms with E-state index in [1.54, 1.807) is 36.7 Å². The third-order valence-electron chi connectivity index (χ3n) is 4.99. The predicted octanol–water partition coefficient (Wildman–Crippen LogP) is 2.44. The number of methoxy groups -OCH3 is 1. The third kappa shape index (κ3) is 5.63. The molecule has 1 N–H and O–H groups in total. The fourth-order valence-electron chi connectivity index (χ4n) is 3.63. The van der Waals surface area contributed by atoms with Gasteiger partial charge in [-0.1, -0.05) is 18.2 Å². The molecule has 1 fully saturated rings. The number of carbonyl (C=O) groups is 3. The second-order valence-electron chi connectivity index (χ2n) is 7.45. The molecule has 9 nitrogen and oxygen atoms in total. The SMILES string of the molecule is COc1cncc(-c2cccc([C@@]3(O)SC[C@@H](OC(C)=O)[C@H](OC(C)=O)[C@H]3OC(C)=O)c2)c1. The highest BCUT2D eigenvalue weighted by atomic mass is 32.2. The molecule has 4 atom stereocenters. The van der Waals surface area contributed by atoms with E-state index in [4.69, 9.17) is 18.9 Å². The van der Waals surface area contributed by atoms with Crippen molar-refractivity contribution in [2.45, 2.75) is 44.0 Å². The Kier molecular flexibility index (Phi) is 7.60. The Balaban J connectivity index is 2.06. The van der Waals surface area contributed by atoms with Crippen LogP contribution >= 0.6 is 11.8 Å². The highest BCUT2D eigenvalue weighted by Gasteiger charge is 2.55. The van der Waals surface area contributed by atoms with E-state index in [-0.39, 0.29) is 5.75 Å². The van der Waals surface area contributed by atoms with Crippen LogP contribution in [0.2, 0.25) is 0 Å². The van der Waals surface area contributed by atoms with Gasteiger partial charge in [0.15, 0.2) is 23.2 Å². The fraction of sp³-hybridized carbons (Fsp3) is 0.391. The number of ether oxygens (including phenoxy) is 4. The van der Waals surface area contributed by atoms with E-state index in [0.29, 0.717) is 11.3 Å². The van der Waals surface area contributed by atoms with Crippen molar-refractivity contribution >= 4 is 29.7 Å². The number of nitrogens with zero attached hydrogens (tertiary/aromatic N) is 1. The number of benzene rings is 1. The van der Waals surface area contributed by atoms with Crippen LogP contribution in [0.25, 0.3) is 11.1 Å². The zero-order valence-corrected chi connectivity index (χ0v) is 19.5. The first-order valence-corrected chi connectivity index (χ1v) is 11.1. The van der Waals surface area contributed by atoms with Crippen molar-refractivity contribution in [3.8, 4) is 16.9 Å². The summed E-state index contributed by atoms with van der Waals surface area (Å²) in [5.41, 5.74) is 1.90. The summed E-state index contributed by atoms with van der Waals surface area (Å²) in [5, 5.41) is 11.8. The molecule has 0 unspecified atom stereocenters. The van der Waals surface area contributed by atoms with Crippen LogP contribution in [0.15, 0.2) is 42.7 Å². The van der Waals surface area contributed by atoms with Crippen LogP contribution in [-0.2, 0) is 33.5 Å². The van der Waals surface area contributed by atoms with Crippen LogP contribution in [-0.4, -0.2) is 59.2 Å². The van der Waals surface area contributed by atoms with Crippen molar-refractivity contribution < 1.29 is 38.4 Å². The Hall–Kier alpha value is -3.11. The van der Waals surface area contributed by atoms with Gasteiger partial charge >= 0.3 is 17.9 Å². The van der Waals surface area contributed by atoms with E-state index in [9.17, 15) is 19.5 Å². The number of aliphatic hydroxyl groups is 1. The molecule has 1 aliphatic heterocycles. The summed E-state index contributed by atoms with van der Waals surface area (Å²) in [6.45, 7) is 3.60. The zero-order chi connectivity index (χ0) is 24.2. The average molecular weight is 476 g/mol. The summed E-state index contributed by atoms with van der Waals surface area (Å²) in [4.78, 5) is 37.7. The second kappa shape index (κ2) is 10.2. The van der Waals surface area contributed by atoms with E-state index in [2.05, 4.69) is 4.98 Å². The molecule has 1 aromatic carbocycles. The predicted molar refractivity (Wildman–Crippen MR) is 119 cm³/mol. The van der Waals surface area contributed by atoms with Crippen LogP contribution in [0.3, 0.4) is 0 Å². The molecule has 0 bridgehead atoms. The highest BCUT2D eigenvalue weighted by molar-refractivity contribution is 8.00. The molecule has 10 heteroatoms. The Morgan fingerprint density at radius 1 is 1.00 bits per heavy atom. The van der Waals surface area contributed by atoms with E-state index < -0.39 is 41.2 Å². The van der Waals surface area contributed by atoms with E-state index in [0.717, 1.165) is 22.9 Å². The molecular weight excluding hydrogens is 450 g/mol. The number of rotatable bonds is 6. The Morgan fingerprint density at radius 2 is 1.70 bits per heavy atom. The first-order chi connectivity index (χ1) is 15.6. The standard InChI is InChI=1S/C23H25NO8S/c1-13(25)30-20-12-33-23(28,22(32-15(3)27)21(20)31-14(2)26)18-7-5-6-16(8-18)17-9-19(29-4)11-24-10-17/h5-11,20-22,28H,12H2,1-4H3/t20-,21+,22-,23-/m1/s1. The minimum atomic E-state index is -1.79. The monoisotopic (exact) mass is 475 g/mol. The molecule has 3 rings (SSSR count). The van der Waals surface area contributed by atoms with Gasteiger partial charge in [-0.05, 0) is 23.3 Å². The average Bonchev–Trinajstić information content (AvgIpc) is 2.77. The maximum atomic E-state index is 11.9. The van der Waals surface area contributed by atoms with Crippen molar-refractivity contribution in [2.24, 2.45) is 0 Å². The maximum absolute atomic E-state index is 11.9. The van der Waals surface area contributed by atoms with Crippen molar-refractivity contribution in [3.05, 3.63) is 48.3 Å². The zero-order valence-electron chi connectivity index (χ0n) is 18.6. The van der Waals surface area contributed by atoms with Gasteiger partial charge in [-0.2, -0.15) is 0 Å². The number of hydrogen-bond acceptors (Lipinski definition) is 10. The summed E-state index contributed by atoms with van der Waals surface area (Å²) in [5.74, 6) is -1.26. The van der Waals surface area contributed by atoms with Gasteiger partial charge in [-0.25, -0.2) is 0 Å². The van der Waals surface area contributed by atoms with E-state index in [1.807, 2.05) is 6.07 Å². The quantitative estimate of drug-likeness (QED) is 0.492. The molecule has 1 saturated heterocycles. The topological polar surface area (TPSA) is 121 Å². The normalized spacial score (nSPS) is 24.5. The molecule has 2 heterocycles. The molecule has 0 radical (unpaired) electrons. The van der Waals surface area contributed by atoms with Crippen LogP contribution in [0, 0.1) is 0 Å². The Labute approximate surface area is 195 Å². The van der Waals surface area contributed by atoms with Crippen LogP contribution in [0.1, 0.15) is 26.3 Å². The minimum absolute atomic E-state index is 0.108. The number of aromatic nitrogens is 1. The van der Waals surface area contributed by atoms with Crippen LogP contribution in [0.4, 0.5) is 0 Å². The molecule has 0 amide bonds. The van der Waals surface area contributed by atoms with Gasteiger partial charge in [0.05, 0.1) is 13.3 Å². The van der Waals surface area contributed by atoms with Gasteiger partial charge in [0.2, 0.25) is 0 Å². The minimum Gasteiger partial charge on any atom is -0.495 e. The molecule has 0 saturated carbocycles. The summed E-state index contributed by atoms with van der Waals surface area (Å²) in [6.07, 6.45) is -0.217. The first-order valence-electron chi connectivity index (χ1n) is 10.1. The van der Waals surface area contributed by atoms with Gasteiger partial charge < -0.3 is 24.1 Å². The molecule has 1 aromatic heterocycles.